The highest BCUT2D eigenvalue weighted by Crippen LogP contribution is 1.84. The normalized spacial score (nSPS) is 7.90. The Morgan fingerprint density at radius 2 is 1.90 bits per heavy atom. The van der Waals surface area contributed by atoms with Crippen LogP contribution in [0.25, 0.3) is 0 Å². The second-order valence-electron chi connectivity index (χ2n) is 1.91. The van der Waals surface area contributed by atoms with Crippen LogP contribution in [0.2, 0.25) is 0 Å². The molecule has 10 heavy (non-hydrogen) atoms. The predicted octanol–water partition coefficient (Wildman–Crippen LogP) is 0.899. The molecule has 0 radical (unpaired) electrons. The van der Waals surface area contributed by atoms with Crippen LogP contribution in [-0.2, 0) is 0 Å². The minimum atomic E-state index is -0.288. The zero-order chi connectivity index (χ0) is 8.41. The highest BCUT2D eigenvalue weighted by molar-refractivity contribution is 4.27. The van der Waals surface area contributed by atoms with Crippen LogP contribution in [-0.4, -0.2) is 25.6 Å². The smallest absolute Gasteiger partial charge is 0.203 e. The monoisotopic (exact) mass is 148 g/mol. The van der Waals surface area contributed by atoms with E-state index in [2.05, 4.69) is 5.32 Å². The molecule has 0 bridgehead atoms. The Morgan fingerprint density at radius 3 is 2.00 bits per heavy atom. The first kappa shape index (κ1) is 12.1. The second kappa shape index (κ2) is 11.2. The molecule has 0 spiro atoms. The molecule has 0 heterocycles. The molecule has 0 unspecified atom stereocenters. The molecule has 0 amide bonds. The van der Waals surface area contributed by atoms with Crippen molar-refractivity contribution in [2.75, 3.05) is 20.6 Å². The third kappa shape index (κ3) is 26.4. The van der Waals surface area contributed by atoms with Gasteiger partial charge in [0.05, 0.1) is 0 Å². The van der Waals surface area contributed by atoms with Crippen molar-refractivity contribution in [3.8, 4) is 0 Å². The maximum atomic E-state index is 9.56. The van der Waals surface area contributed by atoms with E-state index in [9.17, 15) is 10.1 Å². The van der Waals surface area contributed by atoms with Gasteiger partial charge in [-0.1, -0.05) is 6.92 Å². The molecule has 0 aliphatic carbocycles. The number of nitro groups is 1. The first-order valence-corrected chi connectivity index (χ1v) is 3.39. The number of hydrogen-bond acceptors (Lipinski definition) is 3. The molecule has 0 aliphatic heterocycles. The molecular weight excluding hydrogens is 132 g/mol. The molecule has 0 saturated carbocycles. The minimum absolute atomic E-state index is 0.122. The average Bonchev–Trinajstić information content (AvgIpc) is 1.85. The fourth-order valence-electron chi connectivity index (χ4n) is 0.287. The van der Waals surface area contributed by atoms with Crippen LogP contribution < -0.4 is 5.32 Å². The number of rotatable bonds is 3. The summed E-state index contributed by atoms with van der Waals surface area (Å²) in [6, 6.07) is 0. The highest BCUT2D eigenvalue weighted by atomic mass is 16.6. The molecule has 4 heteroatoms. The zero-order valence-electron chi connectivity index (χ0n) is 6.89. The van der Waals surface area contributed by atoms with Crippen molar-refractivity contribution in [3.05, 3.63) is 10.1 Å². The molecular formula is C6H16N2O2. The van der Waals surface area contributed by atoms with Gasteiger partial charge in [-0.2, -0.15) is 0 Å². The van der Waals surface area contributed by atoms with Crippen molar-refractivity contribution in [2.45, 2.75) is 19.8 Å². The largest absolute Gasteiger partial charge is 0.323 e. The number of unbranched alkanes of at least 4 members (excludes halogenated alkanes) is 1. The Labute approximate surface area is 61.8 Å². The van der Waals surface area contributed by atoms with E-state index >= 15 is 0 Å². The van der Waals surface area contributed by atoms with Gasteiger partial charge in [0.1, 0.15) is 0 Å². The molecule has 0 aliphatic rings. The van der Waals surface area contributed by atoms with E-state index in [4.69, 9.17) is 0 Å². The second-order valence-corrected chi connectivity index (χ2v) is 1.91. The Bertz CT molecular complexity index is 76.1. The first-order chi connectivity index (χ1) is 4.68. The molecule has 0 saturated heterocycles. The summed E-state index contributed by atoms with van der Waals surface area (Å²) < 4.78 is 0. The van der Waals surface area contributed by atoms with Crippen molar-refractivity contribution in [1.82, 2.24) is 5.32 Å². The summed E-state index contributed by atoms with van der Waals surface area (Å²) in [5, 5.41) is 12.3. The zero-order valence-corrected chi connectivity index (χ0v) is 6.89. The number of nitrogens with zero attached hydrogens (tertiary/aromatic N) is 1. The van der Waals surface area contributed by atoms with Crippen LogP contribution in [0.15, 0.2) is 0 Å². The lowest BCUT2D eigenvalue weighted by atomic mass is 10.3. The Hall–Kier alpha value is -0.640. The SMILES string of the molecule is CCCC[N+](=O)[O-].CNC. The van der Waals surface area contributed by atoms with Crippen LogP contribution in [0, 0.1) is 10.1 Å². The van der Waals surface area contributed by atoms with Crippen LogP contribution in [0.5, 0.6) is 0 Å². The van der Waals surface area contributed by atoms with Gasteiger partial charge in [-0.05, 0) is 20.5 Å². The molecule has 0 aromatic rings. The van der Waals surface area contributed by atoms with Gasteiger partial charge in [-0.3, -0.25) is 10.1 Å². The maximum Gasteiger partial charge on any atom is 0.203 e. The third-order valence-corrected chi connectivity index (χ3v) is 0.694. The summed E-state index contributed by atoms with van der Waals surface area (Å²) in [5.74, 6) is 0. The van der Waals surface area contributed by atoms with E-state index in [-0.39, 0.29) is 11.5 Å². The molecule has 0 rings (SSSR count). The molecule has 0 aromatic heterocycles. The summed E-state index contributed by atoms with van der Waals surface area (Å²) in [6.45, 7) is 2.06. The van der Waals surface area contributed by atoms with Gasteiger partial charge in [0.25, 0.3) is 0 Å². The van der Waals surface area contributed by atoms with Crippen LogP contribution in [0.1, 0.15) is 19.8 Å². The molecule has 0 atom stereocenters. The summed E-state index contributed by atoms with van der Waals surface area (Å²) in [5.41, 5.74) is 0. The van der Waals surface area contributed by atoms with Gasteiger partial charge in [-0.15, -0.1) is 0 Å². The molecule has 0 aromatic carbocycles. The van der Waals surface area contributed by atoms with Crippen molar-refractivity contribution in [3.63, 3.8) is 0 Å². The Morgan fingerprint density at radius 1 is 1.50 bits per heavy atom. The van der Waals surface area contributed by atoms with Crippen molar-refractivity contribution >= 4 is 0 Å². The lowest BCUT2D eigenvalue weighted by molar-refractivity contribution is -0.480. The van der Waals surface area contributed by atoms with Gasteiger partial charge in [-0.25, -0.2) is 0 Å². The molecule has 62 valence electrons. The first-order valence-electron chi connectivity index (χ1n) is 3.39. The lowest BCUT2D eigenvalue weighted by Crippen LogP contribution is -1.98. The van der Waals surface area contributed by atoms with Crippen molar-refractivity contribution < 1.29 is 4.92 Å². The van der Waals surface area contributed by atoms with Crippen LogP contribution in [0.3, 0.4) is 0 Å². The minimum Gasteiger partial charge on any atom is -0.323 e. The standard InChI is InChI=1S/C4H9NO2.C2H7N/c1-2-3-4-5(6)7;1-3-2/h2-4H2,1H3;3H,1-2H3. The topological polar surface area (TPSA) is 55.2 Å². The Kier molecular flexibility index (Phi) is 13.5. The summed E-state index contributed by atoms with van der Waals surface area (Å²) in [4.78, 5) is 9.28. The van der Waals surface area contributed by atoms with E-state index in [0.29, 0.717) is 6.42 Å². The molecule has 1 N–H and O–H groups in total. The number of nitrogens with one attached hydrogen (secondary N) is 1. The van der Waals surface area contributed by atoms with Gasteiger partial charge >= 0.3 is 0 Å². The van der Waals surface area contributed by atoms with E-state index in [1.54, 1.807) is 0 Å². The van der Waals surface area contributed by atoms with Crippen LogP contribution >= 0.6 is 0 Å². The quantitative estimate of drug-likeness (QED) is 0.478. The Balaban J connectivity index is 0. The average molecular weight is 148 g/mol. The van der Waals surface area contributed by atoms with Crippen LogP contribution in [0.4, 0.5) is 0 Å². The summed E-state index contributed by atoms with van der Waals surface area (Å²) in [7, 11) is 3.75. The molecule has 0 fully saturated rings. The number of hydrogen-bond donors (Lipinski definition) is 1. The summed E-state index contributed by atoms with van der Waals surface area (Å²) in [6.07, 6.45) is 1.61. The van der Waals surface area contributed by atoms with E-state index < -0.39 is 0 Å². The van der Waals surface area contributed by atoms with E-state index in [0.717, 1.165) is 6.42 Å². The fourth-order valence-corrected chi connectivity index (χ4v) is 0.287. The van der Waals surface area contributed by atoms with E-state index in [1.165, 1.54) is 0 Å². The van der Waals surface area contributed by atoms with Crippen molar-refractivity contribution in [2.24, 2.45) is 0 Å². The van der Waals surface area contributed by atoms with Gasteiger partial charge in [0.15, 0.2) is 0 Å². The van der Waals surface area contributed by atoms with Gasteiger partial charge in [0, 0.05) is 11.3 Å². The maximum absolute atomic E-state index is 9.56. The molecule has 4 nitrogen and oxygen atoms in total. The van der Waals surface area contributed by atoms with Gasteiger partial charge in [0.2, 0.25) is 6.54 Å². The summed E-state index contributed by atoms with van der Waals surface area (Å²) >= 11 is 0. The third-order valence-electron chi connectivity index (χ3n) is 0.694. The van der Waals surface area contributed by atoms with Crippen molar-refractivity contribution in [1.29, 1.82) is 0 Å². The highest BCUT2D eigenvalue weighted by Gasteiger charge is 1.90. The van der Waals surface area contributed by atoms with E-state index in [1.807, 2.05) is 21.0 Å². The lowest BCUT2D eigenvalue weighted by Gasteiger charge is -1.84. The predicted molar refractivity (Wildman–Crippen MR) is 41.8 cm³/mol. The fraction of sp³-hybridized carbons (Fsp3) is 1.00. The van der Waals surface area contributed by atoms with Gasteiger partial charge < -0.3 is 5.32 Å².